The fraction of sp³-hybridized carbons (Fsp3) is 0. The van der Waals surface area contributed by atoms with Gasteiger partial charge >= 0.3 is 0 Å². The summed E-state index contributed by atoms with van der Waals surface area (Å²) in [5, 5.41) is 23.1. The van der Waals surface area contributed by atoms with Crippen molar-refractivity contribution in [3.8, 4) is 11.4 Å². The highest BCUT2D eigenvalue weighted by atomic mass is 32.1. The molecule has 34 heavy (non-hydrogen) atoms. The van der Waals surface area contributed by atoms with E-state index in [0.29, 0.717) is 17.3 Å². The molecule has 0 amide bonds. The van der Waals surface area contributed by atoms with Gasteiger partial charge in [0.05, 0.1) is 45.7 Å². The van der Waals surface area contributed by atoms with Crippen LogP contribution >= 0.6 is 11.3 Å². The summed E-state index contributed by atoms with van der Waals surface area (Å²) >= 11 is 1.57. The molecule has 4 aromatic heterocycles. The van der Waals surface area contributed by atoms with Gasteiger partial charge in [0.25, 0.3) is 0 Å². The number of nitrogens with one attached hydrogen (secondary N) is 3. The van der Waals surface area contributed by atoms with Crippen LogP contribution in [0.3, 0.4) is 0 Å². The first-order chi connectivity index (χ1) is 16.7. The molecule has 6 aromatic rings. The maximum atomic E-state index is 4.75. The number of hydrogen-bond donors (Lipinski definition) is 3. The molecular weight excluding hydrogens is 446 g/mol. The molecule has 0 fully saturated rings. The number of nitrogens with zero attached hydrogens (tertiary/aromatic N) is 6. The number of benzene rings is 2. The van der Waals surface area contributed by atoms with E-state index in [0.717, 1.165) is 43.1 Å². The number of hydrogen-bond acceptors (Lipinski definition) is 9. The molecule has 9 nitrogen and oxygen atoms in total. The minimum Gasteiger partial charge on any atom is -0.352 e. The zero-order chi connectivity index (χ0) is 22.9. The predicted octanol–water partition coefficient (Wildman–Crippen LogP) is 5.25. The van der Waals surface area contributed by atoms with E-state index in [1.807, 2.05) is 48.5 Å². The molecule has 0 radical (unpaired) electrons. The molecule has 0 aliphatic carbocycles. The van der Waals surface area contributed by atoms with Gasteiger partial charge in [-0.25, -0.2) is 15.0 Å². The summed E-state index contributed by atoms with van der Waals surface area (Å²) in [6.07, 6.45) is 6.80. The molecule has 4 heterocycles. The Hall–Kier alpha value is -4.70. The molecule has 0 saturated heterocycles. The van der Waals surface area contributed by atoms with E-state index in [2.05, 4.69) is 42.6 Å². The Labute approximate surface area is 197 Å². The molecule has 0 bridgehead atoms. The van der Waals surface area contributed by atoms with Crippen LogP contribution in [0.2, 0.25) is 0 Å². The third kappa shape index (κ3) is 3.93. The number of aromatic amines is 1. The van der Waals surface area contributed by atoms with Crippen LogP contribution in [0.15, 0.2) is 79.9 Å². The standard InChI is InChI=1S/C24H17N9S/c1-14(29-18-6-9-26-27-13-18)24-31-20-11-15(2-5-21(20)34-24)23-25-8-7-22(32-23)30-17-3-4-19-16(10-17)12-28-33-19/h2-13H,1H2,(H,26,29)(H,28,33)(H,25,30,32). The van der Waals surface area contributed by atoms with Crippen LogP contribution in [0, 0.1) is 0 Å². The van der Waals surface area contributed by atoms with E-state index in [-0.39, 0.29) is 0 Å². The van der Waals surface area contributed by atoms with Crippen LogP contribution in [0.4, 0.5) is 17.2 Å². The Morgan fingerprint density at radius 1 is 0.912 bits per heavy atom. The lowest BCUT2D eigenvalue weighted by molar-refractivity contribution is 1.03. The van der Waals surface area contributed by atoms with Crippen LogP contribution < -0.4 is 10.6 Å². The van der Waals surface area contributed by atoms with E-state index < -0.39 is 0 Å². The lowest BCUT2D eigenvalue weighted by atomic mass is 10.2. The molecule has 6 rings (SSSR count). The summed E-state index contributed by atoms with van der Waals surface area (Å²) < 4.78 is 1.05. The van der Waals surface area contributed by atoms with Gasteiger partial charge < -0.3 is 10.6 Å². The minimum atomic E-state index is 0.616. The number of H-pyrrole nitrogens is 1. The van der Waals surface area contributed by atoms with Gasteiger partial charge in [0.1, 0.15) is 10.8 Å². The van der Waals surface area contributed by atoms with Gasteiger partial charge in [-0.2, -0.15) is 15.3 Å². The molecular formula is C24H17N9S. The lowest BCUT2D eigenvalue weighted by Crippen LogP contribution is -1.97. The molecule has 0 aliphatic rings. The average Bonchev–Trinajstić information content (AvgIpc) is 3.51. The first-order valence-corrected chi connectivity index (χ1v) is 11.2. The first kappa shape index (κ1) is 19.9. The Morgan fingerprint density at radius 3 is 2.79 bits per heavy atom. The Balaban J connectivity index is 1.25. The Kier molecular flexibility index (Phi) is 4.89. The van der Waals surface area contributed by atoms with Crippen molar-refractivity contribution in [2.75, 3.05) is 10.6 Å². The highest BCUT2D eigenvalue weighted by molar-refractivity contribution is 7.19. The number of rotatable bonds is 6. The van der Waals surface area contributed by atoms with Crippen molar-refractivity contribution in [1.82, 2.24) is 35.3 Å². The summed E-state index contributed by atoms with van der Waals surface area (Å²) in [7, 11) is 0. The number of fused-ring (bicyclic) bond motifs is 2. The molecule has 0 spiro atoms. The third-order valence-corrected chi connectivity index (χ3v) is 6.25. The van der Waals surface area contributed by atoms with E-state index >= 15 is 0 Å². The number of anilines is 3. The van der Waals surface area contributed by atoms with Crippen LogP contribution in [-0.2, 0) is 0 Å². The van der Waals surface area contributed by atoms with Gasteiger partial charge in [-0.05, 0) is 48.5 Å². The second-order valence-electron chi connectivity index (χ2n) is 7.50. The topological polar surface area (TPSA) is 117 Å². The van der Waals surface area contributed by atoms with E-state index in [1.54, 1.807) is 36.1 Å². The van der Waals surface area contributed by atoms with Crippen LogP contribution in [0.1, 0.15) is 5.01 Å². The molecule has 0 saturated carbocycles. The van der Waals surface area contributed by atoms with Crippen molar-refractivity contribution >= 4 is 55.3 Å². The van der Waals surface area contributed by atoms with Crippen molar-refractivity contribution in [2.24, 2.45) is 0 Å². The summed E-state index contributed by atoms with van der Waals surface area (Å²) in [6, 6.07) is 15.7. The second kappa shape index (κ2) is 8.34. The van der Waals surface area contributed by atoms with Crippen molar-refractivity contribution in [2.45, 2.75) is 0 Å². The zero-order valence-corrected chi connectivity index (χ0v) is 18.5. The van der Waals surface area contributed by atoms with E-state index in [4.69, 9.17) is 9.97 Å². The van der Waals surface area contributed by atoms with Gasteiger partial charge in [0.2, 0.25) is 0 Å². The normalized spacial score (nSPS) is 11.1. The van der Waals surface area contributed by atoms with Gasteiger partial charge in [0.15, 0.2) is 5.82 Å². The third-order valence-electron chi connectivity index (χ3n) is 5.15. The smallest absolute Gasteiger partial charge is 0.161 e. The van der Waals surface area contributed by atoms with Crippen LogP contribution in [-0.4, -0.2) is 35.3 Å². The monoisotopic (exact) mass is 463 g/mol. The summed E-state index contributed by atoms with van der Waals surface area (Å²) in [5.74, 6) is 1.32. The van der Waals surface area contributed by atoms with Crippen molar-refractivity contribution in [1.29, 1.82) is 0 Å². The minimum absolute atomic E-state index is 0.616. The summed E-state index contributed by atoms with van der Waals surface area (Å²) in [5.41, 5.74) is 5.17. The van der Waals surface area contributed by atoms with Gasteiger partial charge in [0, 0.05) is 22.8 Å². The molecule has 0 unspecified atom stereocenters. The van der Waals surface area contributed by atoms with Crippen LogP contribution in [0.25, 0.3) is 38.2 Å². The lowest BCUT2D eigenvalue weighted by Gasteiger charge is -2.07. The van der Waals surface area contributed by atoms with Crippen molar-refractivity contribution in [3.63, 3.8) is 0 Å². The second-order valence-corrected chi connectivity index (χ2v) is 8.53. The molecule has 0 aliphatic heterocycles. The molecule has 3 N–H and O–H groups in total. The van der Waals surface area contributed by atoms with E-state index in [1.165, 1.54) is 0 Å². The largest absolute Gasteiger partial charge is 0.352 e. The average molecular weight is 464 g/mol. The molecule has 0 atom stereocenters. The van der Waals surface area contributed by atoms with Gasteiger partial charge in [-0.1, -0.05) is 6.58 Å². The summed E-state index contributed by atoms with van der Waals surface area (Å²) in [6.45, 7) is 4.11. The van der Waals surface area contributed by atoms with Gasteiger partial charge in [-0.15, -0.1) is 11.3 Å². The zero-order valence-electron chi connectivity index (χ0n) is 17.7. The number of thiazole rings is 1. The molecule has 164 valence electrons. The Morgan fingerprint density at radius 2 is 1.88 bits per heavy atom. The summed E-state index contributed by atoms with van der Waals surface area (Å²) in [4.78, 5) is 13.9. The first-order valence-electron chi connectivity index (χ1n) is 10.4. The molecule has 2 aromatic carbocycles. The highest BCUT2D eigenvalue weighted by Crippen LogP contribution is 2.30. The predicted molar refractivity (Wildman–Crippen MR) is 135 cm³/mol. The fourth-order valence-electron chi connectivity index (χ4n) is 3.52. The highest BCUT2D eigenvalue weighted by Gasteiger charge is 2.11. The van der Waals surface area contributed by atoms with Crippen molar-refractivity contribution in [3.05, 3.63) is 84.9 Å². The van der Waals surface area contributed by atoms with E-state index in [9.17, 15) is 0 Å². The van der Waals surface area contributed by atoms with Crippen LogP contribution in [0.5, 0.6) is 0 Å². The number of aromatic nitrogens is 7. The molecule has 10 heteroatoms. The maximum absolute atomic E-state index is 4.75. The van der Waals surface area contributed by atoms with Gasteiger partial charge in [-0.3, -0.25) is 5.10 Å². The quantitative estimate of drug-likeness (QED) is 0.307. The SMILES string of the molecule is C=C(Nc1ccnnc1)c1nc2cc(-c3nccc(Nc4ccc5[nH]ncc5c4)n3)ccc2s1. The van der Waals surface area contributed by atoms with Crippen molar-refractivity contribution < 1.29 is 0 Å². The Bertz CT molecular complexity index is 1640. The maximum Gasteiger partial charge on any atom is 0.161 e. The fourth-order valence-corrected chi connectivity index (χ4v) is 4.40.